The van der Waals surface area contributed by atoms with Crippen molar-refractivity contribution in [1.29, 1.82) is 0 Å². The summed E-state index contributed by atoms with van der Waals surface area (Å²) in [6, 6.07) is 0.277. The Morgan fingerprint density at radius 1 is 1.37 bits per heavy atom. The Morgan fingerprint density at radius 2 is 2.05 bits per heavy atom. The second-order valence-electron chi connectivity index (χ2n) is 5.91. The molecular weight excluding hydrogens is 264 g/mol. The molecule has 19 heavy (non-hydrogen) atoms. The number of nitrogens with one attached hydrogen (secondary N) is 1. The van der Waals surface area contributed by atoms with Crippen molar-refractivity contribution in [3.8, 4) is 0 Å². The molecule has 0 aromatic rings. The van der Waals surface area contributed by atoms with Crippen LogP contribution in [0.25, 0.3) is 0 Å². The van der Waals surface area contributed by atoms with E-state index in [0.29, 0.717) is 12.5 Å². The molecule has 0 aromatic carbocycles. The van der Waals surface area contributed by atoms with E-state index in [1.165, 1.54) is 6.92 Å². The second kappa shape index (κ2) is 5.79. The number of carbonyl (C=O) groups excluding carboxylic acids is 1. The first-order valence-electron chi connectivity index (χ1n) is 7.09. The number of hydrogen-bond acceptors (Lipinski definition) is 4. The van der Waals surface area contributed by atoms with Crippen LogP contribution in [0.15, 0.2) is 0 Å². The lowest BCUT2D eigenvalue weighted by Crippen LogP contribution is -2.47. The van der Waals surface area contributed by atoms with Crippen molar-refractivity contribution in [2.45, 2.75) is 43.9 Å². The Labute approximate surface area is 115 Å². The molecule has 0 spiro atoms. The smallest absolute Gasteiger partial charge is 0.240 e. The molecule has 0 bridgehead atoms. The van der Waals surface area contributed by atoms with Gasteiger partial charge in [0.2, 0.25) is 5.91 Å². The van der Waals surface area contributed by atoms with Crippen LogP contribution < -0.4 is 5.32 Å². The van der Waals surface area contributed by atoms with Crippen molar-refractivity contribution < 1.29 is 13.2 Å². The predicted molar refractivity (Wildman–Crippen MR) is 74.6 cm³/mol. The van der Waals surface area contributed by atoms with E-state index in [1.54, 1.807) is 0 Å². The van der Waals surface area contributed by atoms with Crippen LogP contribution in [-0.2, 0) is 14.6 Å². The zero-order valence-electron chi connectivity index (χ0n) is 11.8. The highest BCUT2D eigenvalue weighted by molar-refractivity contribution is 7.92. The number of rotatable bonds is 5. The highest BCUT2D eigenvalue weighted by atomic mass is 32.2. The average molecular weight is 288 g/mol. The summed E-state index contributed by atoms with van der Waals surface area (Å²) < 4.78 is 23.1. The van der Waals surface area contributed by atoms with Gasteiger partial charge < -0.3 is 10.2 Å². The number of amides is 1. The lowest BCUT2D eigenvalue weighted by molar-refractivity contribution is -0.131. The van der Waals surface area contributed by atoms with Crippen LogP contribution in [0.1, 0.15) is 32.6 Å². The van der Waals surface area contributed by atoms with Crippen LogP contribution in [0.3, 0.4) is 0 Å². The van der Waals surface area contributed by atoms with Gasteiger partial charge in [-0.15, -0.1) is 0 Å². The maximum absolute atomic E-state index is 12.4. The van der Waals surface area contributed by atoms with E-state index >= 15 is 0 Å². The normalized spacial score (nSPS) is 25.9. The third-order valence-electron chi connectivity index (χ3n) is 4.11. The first kappa shape index (κ1) is 14.8. The van der Waals surface area contributed by atoms with Crippen molar-refractivity contribution >= 4 is 15.7 Å². The summed E-state index contributed by atoms with van der Waals surface area (Å²) in [7, 11) is -3.30. The van der Waals surface area contributed by atoms with Crippen LogP contribution in [0, 0.1) is 5.92 Å². The lowest BCUT2D eigenvalue weighted by atomic mass is 9.99. The topological polar surface area (TPSA) is 66.5 Å². The summed E-state index contributed by atoms with van der Waals surface area (Å²) in [6.45, 7) is 4.19. The largest absolute Gasteiger partial charge is 0.338 e. The molecule has 1 saturated heterocycles. The SMILES string of the molecule is CC(C(=O)N(CC1CCCNC1)C1CC1)S(C)(=O)=O. The minimum atomic E-state index is -3.30. The predicted octanol–water partition coefficient (Wildman–Crippen LogP) is 0.410. The van der Waals surface area contributed by atoms with Gasteiger partial charge in [0.25, 0.3) is 0 Å². The Morgan fingerprint density at radius 3 is 2.53 bits per heavy atom. The number of sulfone groups is 1. The summed E-state index contributed by atoms with van der Waals surface area (Å²) in [5.41, 5.74) is 0. The molecule has 2 aliphatic rings. The molecular formula is C13H24N2O3S. The molecule has 1 aliphatic carbocycles. The summed E-state index contributed by atoms with van der Waals surface area (Å²) in [5.74, 6) is 0.251. The Balaban J connectivity index is 2.01. The molecule has 0 aromatic heterocycles. The van der Waals surface area contributed by atoms with Gasteiger partial charge in [-0.2, -0.15) is 0 Å². The monoisotopic (exact) mass is 288 g/mol. The van der Waals surface area contributed by atoms with Crippen LogP contribution in [0.5, 0.6) is 0 Å². The molecule has 110 valence electrons. The minimum Gasteiger partial charge on any atom is -0.338 e. The third kappa shape index (κ3) is 3.92. The van der Waals surface area contributed by atoms with E-state index in [1.807, 2.05) is 4.90 Å². The summed E-state index contributed by atoms with van der Waals surface area (Å²) in [4.78, 5) is 14.2. The first-order valence-corrected chi connectivity index (χ1v) is 9.05. The fourth-order valence-corrected chi connectivity index (χ4v) is 3.08. The number of piperidine rings is 1. The molecule has 1 saturated carbocycles. The van der Waals surface area contributed by atoms with Gasteiger partial charge in [-0.25, -0.2) is 8.42 Å². The van der Waals surface area contributed by atoms with Gasteiger partial charge in [-0.3, -0.25) is 4.79 Å². The lowest BCUT2D eigenvalue weighted by Gasteiger charge is -2.31. The van der Waals surface area contributed by atoms with Gasteiger partial charge in [-0.1, -0.05) is 0 Å². The molecule has 2 atom stereocenters. The second-order valence-corrected chi connectivity index (χ2v) is 8.27. The summed E-state index contributed by atoms with van der Waals surface area (Å²) in [5, 5.41) is 2.43. The molecule has 5 nitrogen and oxygen atoms in total. The molecule has 1 aliphatic heterocycles. The van der Waals surface area contributed by atoms with Gasteiger partial charge in [0, 0.05) is 18.8 Å². The van der Waals surface area contributed by atoms with E-state index in [4.69, 9.17) is 0 Å². The van der Waals surface area contributed by atoms with E-state index in [2.05, 4.69) is 5.32 Å². The standard InChI is InChI=1S/C13H24N2O3S/c1-10(19(2,17)18)13(16)15(12-5-6-12)9-11-4-3-7-14-8-11/h10-12,14H,3-9H2,1-2H3. The van der Waals surface area contributed by atoms with E-state index in [-0.39, 0.29) is 11.9 Å². The molecule has 2 unspecified atom stereocenters. The van der Waals surface area contributed by atoms with E-state index in [9.17, 15) is 13.2 Å². The minimum absolute atomic E-state index is 0.212. The first-order chi connectivity index (χ1) is 8.89. The Kier molecular flexibility index (Phi) is 4.50. The quantitative estimate of drug-likeness (QED) is 0.796. The number of carbonyl (C=O) groups is 1. The van der Waals surface area contributed by atoms with Crippen LogP contribution in [-0.4, -0.2) is 56.4 Å². The van der Waals surface area contributed by atoms with Crippen molar-refractivity contribution in [1.82, 2.24) is 10.2 Å². The average Bonchev–Trinajstić information content (AvgIpc) is 3.18. The third-order valence-corrected chi connectivity index (χ3v) is 5.60. The highest BCUT2D eigenvalue weighted by Crippen LogP contribution is 2.29. The van der Waals surface area contributed by atoms with Gasteiger partial charge in [0.05, 0.1) is 0 Å². The summed E-state index contributed by atoms with van der Waals surface area (Å²) >= 11 is 0. The molecule has 2 fully saturated rings. The van der Waals surface area contributed by atoms with E-state index < -0.39 is 15.1 Å². The number of nitrogens with zero attached hydrogens (tertiary/aromatic N) is 1. The molecule has 6 heteroatoms. The molecule has 1 amide bonds. The molecule has 2 rings (SSSR count). The van der Waals surface area contributed by atoms with Crippen LogP contribution in [0.4, 0.5) is 0 Å². The van der Waals surface area contributed by atoms with Crippen LogP contribution >= 0.6 is 0 Å². The maximum Gasteiger partial charge on any atom is 0.240 e. The van der Waals surface area contributed by atoms with Crippen molar-refractivity contribution in [3.05, 3.63) is 0 Å². The number of hydrogen-bond donors (Lipinski definition) is 1. The fraction of sp³-hybridized carbons (Fsp3) is 0.923. The van der Waals surface area contributed by atoms with Crippen molar-refractivity contribution in [2.75, 3.05) is 25.9 Å². The Bertz CT molecular complexity index is 425. The van der Waals surface area contributed by atoms with Crippen molar-refractivity contribution in [2.24, 2.45) is 5.92 Å². The molecule has 1 heterocycles. The Hall–Kier alpha value is -0.620. The van der Waals surface area contributed by atoms with Crippen LogP contribution in [0.2, 0.25) is 0 Å². The fourth-order valence-electron chi connectivity index (χ4n) is 2.58. The zero-order valence-corrected chi connectivity index (χ0v) is 12.6. The maximum atomic E-state index is 12.4. The van der Waals surface area contributed by atoms with Gasteiger partial charge in [-0.05, 0) is 51.6 Å². The van der Waals surface area contributed by atoms with Gasteiger partial charge in [0.15, 0.2) is 9.84 Å². The summed E-state index contributed by atoms with van der Waals surface area (Å²) in [6.07, 6.45) is 5.43. The van der Waals surface area contributed by atoms with E-state index in [0.717, 1.165) is 45.0 Å². The zero-order chi connectivity index (χ0) is 14.0. The highest BCUT2D eigenvalue weighted by Gasteiger charge is 2.38. The van der Waals surface area contributed by atoms with Gasteiger partial charge >= 0.3 is 0 Å². The van der Waals surface area contributed by atoms with Crippen molar-refractivity contribution in [3.63, 3.8) is 0 Å². The van der Waals surface area contributed by atoms with Gasteiger partial charge in [0.1, 0.15) is 5.25 Å². The molecule has 0 radical (unpaired) electrons. The molecule has 1 N–H and O–H groups in total.